The average Bonchev–Trinajstić information content (AvgIpc) is 3.43. The van der Waals surface area contributed by atoms with Crippen LogP contribution in [0.4, 0.5) is 0 Å². The number of hydrogen-bond donors (Lipinski definition) is 3. The van der Waals surface area contributed by atoms with Crippen LogP contribution in [0.1, 0.15) is 406 Å². The van der Waals surface area contributed by atoms with Gasteiger partial charge in [0.2, 0.25) is 5.91 Å². The minimum absolute atomic E-state index is 0.0171. The van der Waals surface area contributed by atoms with Gasteiger partial charge in [-0.1, -0.05) is 353 Å². The van der Waals surface area contributed by atoms with E-state index in [0.29, 0.717) is 25.9 Å². The lowest BCUT2D eigenvalue weighted by atomic mass is 10.0. The van der Waals surface area contributed by atoms with Crippen molar-refractivity contribution in [3.05, 3.63) is 12.2 Å². The lowest BCUT2D eigenvalue weighted by Crippen LogP contribution is -2.45. The fraction of sp³-hybridized carbons (Fsp3) is 0.944. The SMILES string of the molecule is CCCCCCCCCCCCCCCCCCCCCCC(O)C(CO)NC(=O)CCCCCCCCCCCCCCC/C=C\CCCCCCCCCCCCCCOC(=O)CCCCCCCCCCCCC. The number of rotatable bonds is 67. The number of unbranched alkanes of at least 4 members (excludes halogenated alkanes) is 54. The Labute approximate surface area is 482 Å². The molecule has 0 aliphatic rings. The summed E-state index contributed by atoms with van der Waals surface area (Å²) in [5, 5.41) is 23.4. The minimum Gasteiger partial charge on any atom is -0.466 e. The Bertz CT molecular complexity index is 1160. The third-order valence-electron chi connectivity index (χ3n) is 16.8. The molecule has 0 aliphatic heterocycles. The fourth-order valence-electron chi connectivity index (χ4n) is 11.4. The van der Waals surface area contributed by atoms with E-state index in [1.165, 1.54) is 334 Å². The Balaban J connectivity index is 3.37. The van der Waals surface area contributed by atoms with Gasteiger partial charge in [0.15, 0.2) is 0 Å². The Hall–Kier alpha value is -1.40. The summed E-state index contributed by atoms with van der Waals surface area (Å²) in [5.74, 6) is -0.0123. The average molecular weight is 1090 g/mol. The van der Waals surface area contributed by atoms with Crippen molar-refractivity contribution in [1.82, 2.24) is 5.32 Å². The largest absolute Gasteiger partial charge is 0.466 e. The molecule has 1 amide bonds. The van der Waals surface area contributed by atoms with Crippen molar-refractivity contribution in [2.45, 2.75) is 418 Å². The third kappa shape index (κ3) is 63.6. The summed E-state index contributed by atoms with van der Waals surface area (Å²) in [6.07, 6.45) is 82.6. The van der Waals surface area contributed by atoms with Crippen LogP contribution in [-0.4, -0.2) is 47.4 Å². The number of carbonyl (C=O) groups excluding carboxylic acids is 2. The van der Waals surface area contributed by atoms with Gasteiger partial charge in [-0.2, -0.15) is 0 Å². The van der Waals surface area contributed by atoms with Crippen molar-refractivity contribution in [2.24, 2.45) is 0 Å². The molecule has 3 N–H and O–H groups in total. The van der Waals surface area contributed by atoms with Gasteiger partial charge in [-0.15, -0.1) is 0 Å². The van der Waals surface area contributed by atoms with Crippen LogP contribution in [-0.2, 0) is 14.3 Å². The first-order chi connectivity index (χ1) is 38.0. The van der Waals surface area contributed by atoms with Gasteiger partial charge in [-0.05, 0) is 51.4 Å². The summed E-state index contributed by atoms with van der Waals surface area (Å²) in [6.45, 7) is 4.99. The number of aliphatic hydroxyl groups excluding tert-OH is 2. The molecule has 0 fully saturated rings. The maximum Gasteiger partial charge on any atom is 0.305 e. The highest BCUT2D eigenvalue weighted by Crippen LogP contribution is 2.19. The Morgan fingerprint density at radius 2 is 0.610 bits per heavy atom. The van der Waals surface area contributed by atoms with Crippen LogP contribution in [0.3, 0.4) is 0 Å². The maximum absolute atomic E-state index is 12.5. The number of carbonyl (C=O) groups is 2. The van der Waals surface area contributed by atoms with E-state index in [1.807, 2.05) is 0 Å². The maximum atomic E-state index is 12.5. The summed E-state index contributed by atoms with van der Waals surface area (Å²) in [4.78, 5) is 24.5. The molecular weight excluding hydrogens is 947 g/mol. The molecule has 458 valence electrons. The van der Waals surface area contributed by atoms with Gasteiger partial charge in [-0.25, -0.2) is 0 Å². The predicted octanol–water partition coefficient (Wildman–Crippen LogP) is 22.8. The van der Waals surface area contributed by atoms with E-state index in [2.05, 4.69) is 31.3 Å². The van der Waals surface area contributed by atoms with E-state index in [-0.39, 0.29) is 18.5 Å². The highest BCUT2D eigenvalue weighted by Gasteiger charge is 2.20. The second kappa shape index (κ2) is 67.1. The third-order valence-corrected chi connectivity index (χ3v) is 16.8. The van der Waals surface area contributed by atoms with Crippen LogP contribution in [0, 0.1) is 0 Å². The predicted molar refractivity (Wildman–Crippen MR) is 338 cm³/mol. The molecule has 0 radical (unpaired) electrons. The highest BCUT2D eigenvalue weighted by molar-refractivity contribution is 5.76. The molecular formula is C71H139NO5. The standard InChI is InChI=1S/C71H139NO5/c1-3-5-7-9-11-13-15-16-17-18-19-31-34-37-40-44-47-51-55-59-63-69(74)68(67-73)72-70(75)64-60-56-52-48-45-41-38-35-32-29-27-25-23-21-20-22-24-26-28-30-33-36-39-42-46-50-54-58-62-66-77-71(76)65-61-57-53-49-43-14-12-10-8-6-4-2/h20,22,68-69,73-74H,3-19,21,23-67H2,1-2H3,(H,72,75)/b22-20-. The highest BCUT2D eigenvalue weighted by atomic mass is 16.5. The Morgan fingerprint density at radius 3 is 0.922 bits per heavy atom. The molecule has 0 aliphatic carbocycles. The van der Waals surface area contributed by atoms with Crippen LogP contribution in [0.5, 0.6) is 0 Å². The number of hydrogen-bond acceptors (Lipinski definition) is 5. The summed E-state index contributed by atoms with van der Waals surface area (Å²) < 4.78 is 5.47. The van der Waals surface area contributed by atoms with E-state index in [4.69, 9.17) is 4.74 Å². The van der Waals surface area contributed by atoms with E-state index in [1.54, 1.807) is 0 Å². The van der Waals surface area contributed by atoms with E-state index in [0.717, 1.165) is 38.5 Å². The van der Waals surface area contributed by atoms with Gasteiger partial charge < -0.3 is 20.3 Å². The number of ether oxygens (including phenoxy) is 1. The van der Waals surface area contributed by atoms with Gasteiger partial charge >= 0.3 is 5.97 Å². The van der Waals surface area contributed by atoms with Crippen LogP contribution >= 0.6 is 0 Å². The van der Waals surface area contributed by atoms with Crippen molar-refractivity contribution in [2.75, 3.05) is 13.2 Å². The number of amides is 1. The molecule has 0 aromatic carbocycles. The normalized spacial score (nSPS) is 12.5. The Kier molecular flexibility index (Phi) is 65.9. The van der Waals surface area contributed by atoms with Gasteiger partial charge in [-0.3, -0.25) is 9.59 Å². The molecule has 0 aromatic heterocycles. The zero-order valence-electron chi connectivity index (χ0n) is 52.5. The zero-order chi connectivity index (χ0) is 55.7. The fourth-order valence-corrected chi connectivity index (χ4v) is 11.4. The van der Waals surface area contributed by atoms with Crippen LogP contribution < -0.4 is 5.32 Å². The van der Waals surface area contributed by atoms with Gasteiger partial charge in [0.05, 0.1) is 25.4 Å². The zero-order valence-corrected chi connectivity index (χ0v) is 52.5. The van der Waals surface area contributed by atoms with E-state index < -0.39 is 12.1 Å². The van der Waals surface area contributed by atoms with E-state index in [9.17, 15) is 19.8 Å². The molecule has 0 heterocycles. The Morgan fingerprint density at radius 1 is 0.351 bits per heavy atom. The monoisotopic (exact) mass is 1090 g/mol. The second-order valence-corrected chi connectivity index (χ2v) is 24.6. The van der Waals surface area contributed by atoms with Crippen molar-refractivity contribution >= 4 is 11.9 Å². The summed E-state index contributed by atoms with van der Waals surface area (Å²) in [5.41, 5.74) is 0. The first kappa shape index (κ1) is 75.6. The first-order valence-corrected chi connectivity index (χ1v) is 35.4. The van der Waals surface area contributed by atoms with Crippen LogP contribution in [0.25, 0.3) is 0 Å². The topological polar surface area (TPSA) is 95.9 Å². The van der Waals surface area contributed by atoms with Gasteiger partial charge in [0, 0.05) is 12.8 Å². The number of aliphatic hydroxyl groups is 2. The lowest BCUT2D eigenvalue weighted by molar-refractivity contribution is -0.143. The van der Waals surface area contributed by atoms with Crippen LogP contribution in [0.15, 0.2) is 12.2 Å². The first-order valence-electron chi connectivity index (χ1n) is 35.4. The molecule has 0 rings (SSSR count). The molecule has 6 heteroatoms. The lowest BCUT2D eigenvalue weighted by Gasteiger charge is -2.22. The van der Waals surface area contributed by atoms with Crippen LogP contribution in [0.2, 0.25) is 0 Å². The minimum atomic E-state index is -0.664. The molecule has 2 unspecified atom stereocenters. The van der Waals surface area contributed by atoms with Gasteiger partial charge in [0.25, 0.3) is 0 Å². The molecule has 0 bridgehead atoms. The number of allylic oxidation sites excluding steroid dienone is 2. The second-order valence-electron chi connectivity index (χ2n) is 24.6. The van der Waals surface area contributed by atoms with Crippen molar-refractivity contribution < 1.29 is 24.5 Å². The molecule has 6 nitrogen and oxygen atoms in total. The van der Waals surface area contributed by atoms with Crippen molar-refractivity contribution in [1.29, 1.82) is 0 Å². The number of nitrogens with one attached hydrogen (secondary N) is 1. The number of esters is 1. The smallest absolute Gasteiger partial charge is 0.305 e. The van der Waals surface area contributed by atoms with Gasteiger partial charge in [0.1, 0.15) is 0 Å². The molecule has 0 spiro atoms. The molecule has 2 atom stereocenters. The summed E-state index contributed by atoms with van der Waals surface area (Å²) in [7, 11) is 0. The summed E-state index contributed by atoms with van der Waals surface area (Å²) >= 11 is 0. The molecule has 77 heavy (non-hydrogen) atoms. The molecule has 0 saturated heterocycles. The molecule has 0 aromatic rings. The van der Waals surface area contributed by atoms with Crippen molar-refractivity contribution in [3.63, 3.8) is 0 Å². The molecule has 0 saturated carbocycles. The summed E-state index contributed by atoms with van der Waals surface area (Å²) in [6, 6.07) is -0.541. The quantitative estimate of drug-likeness (QED) is 0.0320. The van der Waals surface area contributed by atoms with E-state index >= 15 is 0 Å². The van der Waals surface area contributed by atoms with Crippen molar-refractivity contribution in [3.8, 4) is 0 Å².